The molecule has 0 aromatic carbocycles. The summed E-state index contributed by atoms with van der Waals surface area (Å²) in [6.45, 7) is 0. The first-order valence-corrected chi connectivity index (χ1v) is 9.45. The minimum atomic E-state index is -0.0282. The quantitative estimate of drug-likeness (QED) is 0.409. The Kier molecular flexibility index (Phi) is 3.76. The zero-order valence-electron chi connectivity index (χ0n) is 11.9. The van der Waals surface area contributed by atoms with E-state index in [0.717, 1.165) is 11.1 Å². The molecule has 0 amide bonds. The van der Waals surface area contributed by atoms with Crippen LogP contribution in [0.5, 0.6) is 0 Å². The number of hydrogen-bond acceptors (Lipinski definition) is 8. The van der Waals surface area contributed by atoms with Gasteiger partial charge in [0.25, 0.3) is 11.4 Å². The van der Waals surface area contributed by atoms with Crippen LogP contribution >= 0.6 is 34.4 Å². The van der Waals surface area contributed by atoms with Gasteiger partial charge in [-0.05, 0) is 22.9 Å². The number of fused-ring (bicyclic) bond motifs is 1. The molecule has 4 rings (SSSR count). The van der Waals surface area contributed by atoms with Gasteiger partial charge in [-0.3, -0.25) is 9.36 Å². The summed E-state index contributed by atoms with van der Waals surface area (Å²) in [5.41, 5.74) is 1.62. The van der Waals surface area contributed by atoms with Crippen LogP contribution in [0, 0.1) is 0 Å². The van der Waals surface area contributed by atoms with Crippen LogP contribution in [-0.2, 0) is 12.8 Å². The Bertz CT molecular complexity index is 1020. The monoisotopic (exact) mass is 362 g/mol. The van der Waals surface area contributed by atoms with Crippen LogP contribution in [0.1, 0.15) is 5.82 Å². The maximum Gasteiger partial charge on any atom is 0.271 e. The minimum Gasteiger partial charge on any atom is -0.334 e. The second kappa shape index (κ2) is 5.91. The molecule has 0 aliphatic heterocycles. The van der Waals surface area contributed by atoms with Crippen molar-refractivity contribution < 1.29 is 4.52 Å². The third-order valence-electron chi connectivity index (χ3n) is 3.21. The molecule has 4 aromatic rings. The van der Waals surface area contributed by atoms with Crippen molar-refractivity contribution in [3.05, 3.63) is 44.5 Å². The van der Waals surface area contributed by atoms with Gasteiger partial charge in [0.15, 0.2) is 11.0 Å². The summed E-state index contributed by atoms with van der Waals surface area (Å²) in [5, 5.41) is 10.4. The SMILES string of the molecule is Cn1c(SCc2noc(-c3ccsc3)n2)nc2ccsc2c1=O. The number of thiophene rings is 2. The predicted octanol–water partition coefficient (Wildman–Crippen LogP) is 3.40. The molecule has 0 aliphatic rings. The van der Waals surface area contributed by atoms with Gasteiger partial charge in [0.1, 0.15) is 4.70 Å². The van der Waals surface area contributed by atoms with E-state index in [9.17, 15) is 4.79 Å². The van der Waals surface area contributed by atoms with E-state index >= 15 is 0 Å². The lowest BCUT2D eigenvalue weighted by Gasteiger charge is -2.05. The molecule has 4 heterocycles. The molecule has 0 spiro atoms. The van der Waals surface area contributed by atoms with Crippen LogP contribution in [0.15, 0.2) is 42.7 Å². The van der Waals surface area contributed by atoms with Crippen LogP contribution in [0.4, 0.5) is 0 Å². The molecule has 23 heavy (non-hydrogen) atoms. The fourth-order valence-electron chi connectivity index (χ4n) is 2.04. The van der Waals surface area contributed by atoms with Gasteiger partial charge in [-0.2, -0.15) is 16.3 Å². The first-order chi connectivity index (χ1) is 11.2. The second-order valence-electron chi connectivity index (χ2n) is 4.71. The highest BCUT2D eigenvalue weighted by molar-refractivity contribution is 7.98. The molecule has 116 valence electrons. The zero-order chi connectivity index (χ0) is 15.8. The Balaban J connectivity index is 1.57. The van der Waals surface area contributed by atoms with E-state index in [4.69, 9.17) is 4.52 Å². The molecule has 9 heteroatoms. The molecule has 0 N–H and O–H groups in total. The number of nitrogens with zero attached hydrogens (tertiary/aromatic N) is 4. The van der Waals surface area contributed by atoms with Crippen LogP contribution in [0.25, 0.3) is 21.7 Å². The Morgan fingerprint density at radius 2 is 2.22 bits per heavy atom. The highest BCUT2D eigenvalue weighted by Crippen LogP contribution is 2.24. The summed E-state index contributed by atoms with van der Waals surface area (Å²) in [5.74, 6) is 1.58. The summed E-state index contributed by atoms with van der Waals surface area (Å²) in [4.78, 5) is 21.1. The molecule has 0 saturated carbocycles. The van der Waals surface area contributed by atoms with Crippen molar-refractivity contribution in [2.45, 2.75) is 10.9 Å². The van der Waals surface area contributed by atoms with E-state index in [1.54, 1.807) is 23.0 Å². The van der Waals surface area contributed by atoms with Crippen molar-refractivity contribution >= 4 is 44.7 Å². The van der Waals surface area contributed by atoms with Crippen molar-refractivity contribution in [2.24, 2.45) is 7.05 Å². The van der Waals surface area contributed by atoms with Crippen LogP contribution in [0.3, 0.4) is 0 Å². The Morgan fingerprint density at radius 3 is 3.04 bits per heavy atom. The van der Waals surface area contributed by atoms with Crippen LogP contribution in [0.2, 0.25) is 0 Å². The van der Waals surface area contributed by atoms with E-state index in [1.165, 1.54) is 23.1 Å². The molecule has 0 atom stereocenters. The first kappa shape index (κ1) is 14.6. The fraction of sp³-hybridized carbons (Fsp3) is 0.143. The maximum absolute atomic E-state index is 12.3. The lowest BCUT2D eigenvalue weighted by molar-refractivity contribution is 0.425. The smallest absolute Gasteiger partial charge is 0.271 e. The lowest BCUT2D eigenvalue weighted by Crippen LogP contribution is -2.18. The molecule has 0 bridgehead atoms. The van der Waals surface area contributed by atoms with Crippen LogP contribution < -0.4 is 5.56 Å². The molecular formula is C14H10N4O2S3. The first-order valence-electron chi connectivity index (χ1n) is 6.64. The predicted molar refractivity (Wildman–Crippen MR) is 92.0 cm³/mol. The second-order valence-corrected chi connectivity index (χ2v) is 7.35. The van der Waals surface area contributed by atoms with Crippen molar-refractivity contribution in [3.63, 3.8) is 0 Å². The molecule has 4 aromatic heterocycles. The maximum atomic E-state index is 12.3. The average molecular weight is 362 g/mol. The summed E-state index contributed by atoms with van der Waals surface area (Å²) in [7, 11) is 1.73. The number of hydrogen-bond donors (Lipinski definition) is 0. The van der Waals surface area contributed by atoms with E-state index in [1.807, 2.05) is 28.3 Å². The standard InChI is InChI=1S/C14H10N4O2S3/c1-18-13(19)11-9(3-5-22-11)15-14(18)23-7-10-16-12(20-17-10)8-2-4-21-6-8/h2-6H,7H2,1H3. The van der Waals surface area contributed by atoms with Crippen molar-refractivity contribution in [1.29, 1.82) is 0 Å². The van der Waals surface area contributed by atoms with Gasteiger partial charge >= 0.3 is 0 Å². The highest BCUT2D eigenvalue weighted by atomic mass is 32.2. The average Bonchev–Trinajstić information content (AvgIpc) is 3.29. The Morgan fingerprint density at radius 1 is 1.30 bits per heavy atom. The largest absolute Gasteiger partial charge is 0.334 e. The number of aromatic nitrogens is 4. The molecule has 6 nitrogen and oxygen atoms in total. The molecular weight excluding hydrogens is 352 g/mol. The minimum absolute atomic E-state index is 0.0282. The fourth-order valence-corrected chi connectivity index (χ4v) is 4.29. The Hall–Kier alpha value is -1.97. The van der Waals surface area contributed by atoms with Crippen molar-refractivity contribution in [2.75, 3.05) is 0 Å². The third kappa shape index (κ3) is 2.71. The zero-order valence-corrected chi connectivity index (χ0v) is 14.4. The lowest BCUT2D eigenvalue weighted by atomic mass is 10.3. The van der Waals surface area contributed by atoms with Crippen LogP contribution in [-0.4, -0.2) is 19.7 Å². The van der Waals surface area contributed by atoms with Crippen molar-refractivity contribution in [1.82, 2.24) is 19.7 Å². The summed E-state index contributed by atoms with van der Waals surface area (Å²) < 4.78 is 7.49. The molecule has 0 unspecified atom stereocenters. The highest BCUT2D eigenvalue weighted by Gasteiger charge is 2.13. The van der Waals surface area contributed by atoms with E-state index < -0.39 is 0 Å². The third-order valence-corrected chi connectivity index (χ3v) is 5.81. The van der Waals surface area contributed by atoms with Gasteiger partial charge in [-0.1, -0.05) is 16.9 Å². The normalized spacial score (nSPS) is 11.3. The number of thioether (sulfide) groups is 1. The molecule has 0 aliphatic carbocycles. The van der Waals surface area contributed by atoms with Gasteiger partial charge < -0.3 is 4.52 Å². The van der Waals surface area contributed by atoms with Gasteiger partial charge in [0.05, 0.1) is 16.8 Å². The summed E-state index contributed by atoms with van der Waals surface area (Å²) >= 11 is 4.41. The van der Waals surface area contributed by atoms with Crippen molar-refractivity contribution in [3.8, 4) is 11.5 Å². The summed E-state index contributed by atoms with van der Waals surface area (Å²) in [6, 6.07) is 3.79. The van der Waals surface area contributed by atoms with Gasteiger partial charge in [0.2, 0.25) is 0 Å². The van der Waals surface area contributed by atoms with E-state index in [0.29, 0.717) is 27.3 Å². The summed E-state index contributed by atoms with van der Waals surface area (Å²) in [6.07, 6.45) is 0. The molecule has 0 fully saturated rings. The van der Waals surface area contributed by atoms with E-state index in [-0.39, 0.29) is 5.56 Å². The number of rotatable bonds is 4. The van der Waals surface area contributed by atoms with Gasteiger partial charge in [-0.15, -0.1) is 11.3 Å². The topological polar surface area (TPSA) is 73.8 Å². The van der Waals surface area contributed by atoms with E-state index in [2.05, 4.69) is 15.1 Å². The molecule has 0 saturated heterocycles. The van der Waals surface area contributed by atoms with Gasteiger partial charge in [0, 0.05) is 12.4 Å². The molecule has 0 radical (unpaired) electrons. The Labute approximate surface area is 142 Å². The van der Waals surface area contributed by atoms with Gasteiger partial charge in [-0.25, -0.2) is 4.98 Å².